The summed E-state index contributed by atoms with van der Waals surface area (Å²) in [5, 5.41) is 9.15. The summed E-state index contributed by atoms with van der Waals surface area (Å²) < 4.78 is 0. The molecule has 1 unspecified atom stereocenters. The van der Waals surface area contributed by atoms with Crippen LogP contribution in [-0.4, -0.2) is 11.0 Å². The van der Waals surface area contributed by atoms with Crippen molar-refractivity contribution in [2.75, 3.05) is 0 Å². The highest BCUT2D eigenvalue weighted by Gasteiger charge is 2.27. The quantitative estimate of drug-likeness (QED) is 0.600. The maximum atomic E-state index is 10.9. The first kappa shape index (κ1) is 9.54. The number of carbonyl (C=O) groups is 1. The predicted molar refractivity (Wildman–Crippen MR) is 48.8 cm³/mol. The van der Waals surface area contributed by atoms with Crippen LogP contribution in [0.15, 0.2) is 24.3 Å². The number of amides is 1. The molecular weight excluding hydrogens is 168 g/mol. The molecule has 0 radical (unpaired) electrons. The van der Waals surface area contributed by atoms with E-state index in [1.807, 2.05) is 0 Å². The van der Waals surface area contributed by atoms with Gasteiger partial charge in [0, 0.05) is 0 Å². The second-order valence-corrected chi connectivity index (χ2v) is 3.12. The lowest BCUT2D eigenvalue weighted by atomic mass is 9.92. The van der Waals surface area contributed by atoms with E-state index in [1.165, 1.54) is 19.1 Å². The molecule has 70 valence electrons. The summed E-state index contributed by atoms with van der Waals surface area (Å²) in [5.41, 5.74) is 10.0. The van der Waals surface area contributed by atoms with E-state index in [0.29, 0.717) is 5.56 Å². The average molecular weight is 180 g/mol. The van der Waals surface area contributed by atoms with E-state index >= 15 is 0 Å². The number of rotatable bonds is 2. The van der Waals surface area contributed by atoms with Gasteiger partial charge in [-0.3, -0.25) is 4.79 Å². The van der Waals surface area contributed by atoms with Crippen LogP contribution in [0.5, 0.6) is 5.75 Å². The van der Waals surface area contributed by atoms with Gasteiger partial charge in [0.15, 0.2) is 0 Å². The average Bonchev–Trinajstić information content (AvgIpc) is 2.04. The van der Waals surface area contributed by atoms with Crippen LogP contribution in [0.4, 0.5) is 0 Å². The van der Waals surface area contributed by atoms with Gasteiger partial charge in [-0.15, -0.1) is 0 Å². The van der Waals surface area contributed by atoms with Crippen LogP contribution >= 0.6 is 0 Å². The number of phenolic OH excluding ortho intramolecular Hbond substituents is 1. The van der Waals surface area contributed by atoms with Crippen molar-refractivity contribution in [2.24, 2.45) is 11.5 Å². The van der Waals surface area contributed by atoms with E-state index in [1.54, 1.807) is 12.1 Å². The van der Waals surface area contributed by atoms with Gasteiger partial charge < -0.3 is 16.6 Å². The Morgan fingerprint density at radius 3 is 2.62 bits per heavy atom. The van der Waals surface area contributed by atoms with E-state index in [-0.39, 0.29) is 5.75 Å². The molecule has 0 saturated carbocycles. The van der Waals surface area contributed by atoms with Crippen molar-refractivity contribution in [1.82, 2.24) is 0 Å². The molecule has 4 heteroatoms. The largest absolute Gasteiger partial charge is 0.508 e. The van der Waals surface area contributed by atoms with Crippen LogP contribution in [0.25, 0.3) is 0 Å². The lowest BCUT2D eigenvalue weighted by molar-refractivity contribution is -0.122. The first-order valence-electron chi connectivity index (χ1n) is 3.83. The number of hydrogen-bond acceptors (Lipinski definition) is 3. The van der Waals surface area contributed by atoms with E-state index in [9.17, 15) is 4.79 Å². The Hall–Kier alpha value is -1.55. The zero-order chi connectivity index (χ0) is 10.1. The zero-order valence-corrected chi connectivity index (χ0v) is 7.32. The third-order valence-corrected chi connectivity index (χ3v) is 1.96. The third kappa shape index (κ3) is 1.78. The van der Waals surface area contributed by atoms with Crippen molar-refractivity contribution in [3.05, 3.63) is 29.8 Å². The minimum Gasteiger partial charge on any atom is -0.508 e. The van der Waals surface area contributed by atoms with Crippen molar-refractivity contribution < 1.29 is 9.90 Å². The SMILES string of the molecule is CC(N)(C(N)=O)c1cccc(O)c1. The van der Waals surface area contributed by atoms with Crippen LogP contribution in [0.3, 0.4) is 0 Å². The summed E-state index contributed by atoms with van der Waals surface area (Å²) in [6.45, 7) is 1.50. The van der Waals surface area contributed by atoms with Crippen LogP contribution in [0.2, 0.25) is 0 Å². The van der Waals surface area contributed by atoms with E-state index in [2.05, 4.69) is 0 Å². The normalized spacial score (nSPS) is 14.9. The Kier molecular flexibility index (Phi) is 2.25. The molecule has 0 heterocycles. The molecule has 1 amide bonds. The van der Waals surface area contributed by atoms with Crippen molar-refractivity contribution >= 4 is 5.91 Å². The fourth-order valence-electron chi connectivity index (χ4n) is 0.971. The maximum Gasteiger partial charge on any atom is 0.241 e. The molecule has 13 heavy (non-hydrogen) atoms. The summed E-state index contributed by atoms with van der Waals surface area (Å²) in [6, 6.07) is 6.18. The standard InChI is InChI=1S/C9H12N2O2/c1-9(11,8(10)13)6-3-2-4-7(12)5-6/h2-5,12H,11H2,1H3,(H2,10,13). The van der Waals surface area contributed by atoms with Gasteiger partial charge in [-0.1, -0.05) is 12.1 Å². The Bertz CT molecular complexity index is 334. The molecule has 0 aliphatic heterocycles. The van der Waals surface area contributed by atoms with Gasteiger partial charge in [-0.2, -0.15) is 0 Å². The molecule has 4 nitrogen and oxygen atoms in total. The smallest absolute Gasteiger partial charge is 0.241 e. The first-order chi connectivity index (χ1) is 5.94. The molecule has 0 fully saturated rings. The van der Waals surface area contributed by atoms with E-state index in [0.717, 1.165) is 0 Å². The zero-order valence-electron chi connectivity index (χ0n) is 7.32. The third-order valence-electron chi connectivity index (χ3n) is 1.96. The molecule has 1 atom stereocenters. The monoisotopic (exact) mass is 180 g/mol. The highest BCUT2D eigenvalue weighted by Crippen LogP contribution is 2.20. The number of carbonyl (C=O) groups excluding carboxylic acids is 1. The number of hydrogen-bond donors (Lipinski definition) is 3. The molecule has 0 aliphatic rings. The Morgan fingerprint density at radius 1 is 1.54 bits per heavy atom. The summed E-state index contributed by atoms with van der Waals surface area (Å²) in [6.07, 6.45) is 0. The van der Waals surface area contributed by atoms with Crippen LogP contribution < -0.4 is 11.5 Å². The minimum absolute atomic E-state index is 0.0652. The summed E-state index contributed by atoms with van der Waals surface area (Å²) in [4.78, 5) is 10.9. The Morgan fingerprint density at radius 2 is 2.15 bits per heavy atom. The minimum atomic E-state index is -1.24. The van der Waals surface area contributed by atoms with Gasteiger partial charge in [0.1, 0.15) is 11.3 Å². The highest BCUT2D eigenvalue weighted by molar-refractivity contribution is 5.85. The molecule has 1 aromatic rings. The van der Waals surface area contributed by atoms with Crippen molar-refractivity contribution in [2.45, 2.75) is 12.5 Å². The van der Waals surface area contributed by atoms with Crippen molar-refractivity contribution in [3.8, 4) is 5.75 Å². The molecule has 0 spiro atoms. The molecule has 0 aromatic heterocycles. The van der Waals surface area contributed by atoms with E-state index < -0.39 is 11.4 Å². The van der Waals surface area contributed by atoms with Gasteiger partial charge in [0.2, 0.25) is 5.91 Å². The molecule has 0 aliphatic carbocycles. The van der Waals surface area contributed by atoms with Gasteiger partial charge >= 0.3 is 0 Å². The Labute approximate surface area is 76.2 Å². The topological polar surface area (TPSA) is 89.3 Å². The fraction of sp³-hybridized carbons (Fsp3) is 0.222. The van der Waals surface area contributed by atoms with Crippen LogP contribution in [0, 0.1) is 0 Å². The van der Waals surface area contributed by atoms with Crippen LogP contribution in [-0.2, 0) is 10.3 Å². The number of aromatic hydroxyl groups is 1. The van der Waals surface area contributed by atoms with Crippen molar-refractivity contribution in [1.29, 1.82) is 0 Å². The highest BCUT2D eigenvalue weighted by atomic mass is 16.3. The summed E-state index contributed by atoms with van der Waals surface area (Å²) in [5.74, 6) is -0.562. The van der Waals surface area contributed by atoms with Gasteiger partial charge in [0.05, 0.1) is 0 Å². The maximum absolute atomic E-state index is 10.9. The Balaban J connectivity index is 3.14. The summed E-state index contributed by atoms with van der Waals surface area (Å²) in [7, 11) is 0. The second-order valence-electron chi connectivity index (χ2n) is 3.12. The number of primary amides is 1. The van der Waals surface area contributed by atoms with Gasteiger partial charge in [0.25, 0.3) is 0 Å². The number of benzene rings is 1. The first-order valence-corrected chi connectivity index (χ1v) is 3.83. The van der Waals surface area contributed by atoms with Gasteiger partial charge in [-0.25, -0.2) is 0 Å². The second kappa shape index (κ2) is 3.06. The van der Waals surface area contributed by atoms with Crippen LogP contribution in [0.1, 0.15) is 12.5 Å². The molecular formula is C9H12N2O2. The fourth-order valence-corrected chi connectivity index (χ4v) is 0.971. The molecule has 0 bridgehead atoms. The predicted octanol–water partition coefficient (Wildman–Crippen LogP) is 0.0514. The summed E-state index contributed by atoms with van der Waals surface area (Å²) >= 11 is 0. The molecule has 1 rings (SSSR count). The van der Waals surface area contributed by atoms with E-state index in [4.69, 9.17) is 16.6 Å². The van der Waals surface area contributed by atoms with Gasteiger partial charge in [-0.05, 0) is 24.6 Å². The number of phenols is 1. The molecule has 1 aromatic carbocycles. The lowest BCUT2D eigenvalue weighted by Gasteiger charge is -2.20. The molecule has 5 N–H and O–H groups in total. The number of nitrogens with two attached hydrogens (primary N) is 2. The van der Waals surface area contributed by atoms with Crippen molar-refractivity contribution in [3.63, 3.8) is 0 Å². The lowest BCUT2D eigenvalue weighted by Crippen LogP contribution is -2.46. The molecule has 0 saturated heterocycles.